The Kier molecular flexibility index (Phi) is 5.43. The van der Waals surface area contributed by atoms with Gasteiger partial charge in [-0.05, 0) is 52.9 Å². The number of ketones is 1. The molecular formula is C17H24N4O2S. The van der Waals surface area contributed by atoms with Gasteiger partial charge in [0.05, 0.1) is 10.9 Å². The van der Waals surface area contributed by atoms with Crippen molar-refractivity contribution in [3.05, 3.63) is 22.1 Å². The summed E-state index contributed by atoms with van der Waals surface area (Å²) < 4.78 is 7.52. The summed E-state index contributed by atoms with van der Waals surface area (Å²) in [5.41, 5.74) is 0.972. The zero-order chi connectivity index (χ0) is 17.1. The summed E-state index contributed by atoms with van der Waals surface area (Å²) in [6.07, 6.45) is 2.12. The third-order valence-electron chi connectivity index (χ3n) is 4.35. The molecule has 7 heteroatoms. The van der Waals surface area contributed by atoms with E-state index in [-0.39, 0.29) is 5.78 Å². The van der Waals surface area contributed by atoms with Crippen molar-refractivity contribution in [2.24, 2.45) is 0 Å². The van der Waals surface area contributed by atoms with E-state index in [1.165, 1.54) is 11.3 Å². The van der Waals surface area contributed by atoms with Crippen molar-refractivity contribution >= 4 is 17.1 Å². The Bertz CT molecular complexity index is 701. The Hall–Kier alpha value is -1.57. The first kappa shape index (κ1) is 17.3. The Morgan fingerprint density at radius 3 is 2.79 bits per heavy atom. The normalized spacial score (nSPS) is 16.6. The van der Waals surface area contributed by atoms with E-state index in [1.807, 2.05) is 23.1 Å². The first-order valence-electron chi connectivity index (χ1n) is 8.40. The van der Waals surface area contributed by atoms with Crippen molar-refractivity contribution in [1.82, 2.24) is 19.7 Å². The van der Waals surface area contributed by atoms with Crippen LogP contribution in [-0.4, -0.2) is 52.2 Å². The lowest BCUT2D eigenvalue weighted by Crippen LogP contribution is -2.32. The first-order valence-corrected chi connectivity index (χ1v) is 9.28. The highest BCUT2D eigenvalue weighted by Gasteiger charge is 2.24. The number of nitrogens with zero attached hydrogens (tertiary/aromatic N) is 4. The lowest BCUT2D eigenvalue weighted by atomic mass is 10.1. The molecule has 1 aliphatic rings. The van der Waals surface area contributed by atoms with Crippen LogP contribution in [0.4, 0.5) is 0 Å². The maximum Gasteiger partial charge on any atom is 0.176 e. The van der Waals surface area contributed by atoms with Gasteiger partial charge in [0.15, 0.2) is 17.4 Å². The van der Waals surface area contributed by atoms with Gasteiger partial charge in [-0.2, -0.15) is 5.10 Å². The zero-order valence-corrected chi connectivity index (χ0v) is 15.3. The van der Waals surface area contributed by atoms with Gasteiger partial charge < -0.3 is 9.64 Å². The average molecular weight is 348 g/mol. The number of thiophene rings is 1. The number of piperidine rings is 1. The average Bonchev–Trinajstić information content (AvgIpc) is 3.20. The summed E-state index contributed by atoms with van der Waals surface area (Å²) in [4.78, 5) is 19.4. The summed E-state index contributed by atoms with van der Waals surface area (Å²) in [7, 11) is 2.15. The molecule has 3 heterocycles. The van der Waals surface area contributed by atoms with Crippen LogP contribution in [0, 0.1) is 0 Å². The van der Waals surface area contributed by atoms with Crippen LogP contribution >= 0.6 is 11.3 Å². The molecule has 0 bridgehead atoms. The Balaban J connectivity index is 1.92. The molecular weight excluding hydrogens is 324 g/mol. The fourth-order valence-electron chi connectivity index (χ4n) is 2.95. The van der Waals surface area contributed by atoms with Crippen LogP contribution < -0.4 is 0 Å². The van der Waals surface area contributed by atoms with Crippen LogP contribution in [-0.2, 0) is 11.3 Å². The molecule has 0 aliphatic carbocycles. The molecule has 24 heavy (non-hydrogen) atoms. The first-order chi connectivity index (χ1) is 11.6. The number of ether oxygens (including phenoxy) is 1. The van der Waals surface area contributed by atoms with Gasteiger partial charge in [-0.15, -0.1) is 11.3 Å². The molecule has 0 unspecified atom stereocenters. The molecule has 1 saturated heterocycles. The molecule has 1 fully saturated rings. The second kappa shape index (κ2) is 7.55. The van der Waals surface area contributed by atoms with E-state index in [1.54, 1.807) is 6.92 Å². The lowest BCUT2D eigenvalue weighted by molar-refractivity contribution is 0.102. The molecule has 0 radical (unpaired) electrons. The molecule has 0 aromatic carbocycles. The second-order valence-electron chi connectivity index (χ2n) is 6.22. The highest BCUT2D eigenvalue weighted by atomic mass is 32.1. The van der Waals surface area contributed by atoms with Gasteiger partial charge in [-0.3, -0.25) is 4.79 Å². The van der Waals surface area contributed by atoms with Gasteiger partial charge in [-0.25, -0.2) is 9.67 Å². The van der Waals surface area contributed by atoms with E-state index in [0.717, 1.165) is 42.2 Å². The molecule has 0 spiro atoms. The summed E-state index contributed by atoms with van der Waals surface area (Å²) in [5.74, 6) is 1.65. The van der Waals surface area contributed by atoms with Gasteiger partial charge >= 0.3 is 0 Å². The summed E-state index contributed by atoms with van der Waals surface area (Å²) >= 11 is 1.47. The minimum Gasteiger partial charge on any atom is -0.374 e. The number of Topliss-reactive ketones (excluding diaryl/α,β-unsaturated/α-hetero) is 1. The number of rotatable bonds is 6. The summed E-state index contributed by atoms with van der Waals surface area (Å²) in [5, 5.41) is 6.71. The molecule has 0 amide bonds. The van der Waals surface area contributed by atoms with E-state index in [0.29, 0.717) is 25.1 Å². The molecule has 2 aromatic rings. The highest BCUT2D eigenvalue weighted by molar-refractivity contribution is 7.12. The Morgan fingerprint density at radius 1 is 1.42 bits per heavy atom. The lowest BCUT2D eigenvalue weighted by Gasteiger charge is -2.29. The maximum absolute atomic E-state index is 11.6. The van der Waals surface area contributed by atoms with Gasteiger partial charge in [0.2, 0.25) is 0 Å². The third kappa shape index (κ3) is 3.74. The number of hydrogen-bond donors (Lipinski definition) is 0. The Morgan fingerprint density at radius 2 is 2.17 bits per heavy atom. The van der Waals surface area contributed by atoms with E-state index in [2.05, 4.69) is 11.9 Å². The topological polar surface area (TPSA) is 60.2 Å². The van der Waals surface area contributed by atoms with Crippen LogP contribution in [0.2, 0.25) is 0 Å². The van der Waals surface area contributed by atoms with Crippen molar-refractivity contribution in [3.63, 3.8) is 0 Å². The third-order valence-corrected chi connectivity index (χ3v) is 5.38. The molecule has 0 saturated carbocycles. The maximum atomic E-state index is 11.6. The molecule has 3 rings (SSSR count). The smallest absolute Gasteiger partial charge is 0.176 e. The zero-order valence-electron chi connectivity index (χ0n) is 14.5. The number of hydrogen-bond acceptors (Lipinski definition) is 6. The second-order valence-corrected chi connectivity index (χ2v) is 7.13. The molecule has 0 N–H and O–H groups in total. The van der Waals surface area contributed by atoms with E-state index in [4.69, 9.17) is 14.8 Å². The van der Waals surface area contributed by atoms with Gasteiger partial charge in [0, 0.05) is 17.6 Å². The van der Waals surface area contributed by atoms with Gasteiger partial charge in [0.25, 0.3) is 0 Å². The minimum atomic E-state index is 0.0890. The fraction of sp³-hybridized carbons (Fsp3) is 0.588. The predicted molar refractivity (Wildman–Crippen MR) is 94.4 cm³/mol. The Labute approximate surface area is 146 Å². The van der Waals surface area contributed by atoms with E-state index >= 15 is 0 Å². The highest BCUT2D eigenvalue weighted by Crippen LogP contribution is 2.30. The van der Waals surface area contributed by atoms with Crippen LogP contribution in [0.15, 0.2) is 11.4 Å². The quantitative estimate of drug-likeness (QED) is 0.751. The van der Waals surface area contributed by atoms with Crippen LogP contribution in [0.1, 0.15) is 48.2 Å². The molecule has 130 valence electrons. The van der Waals surface area contributed by atoms with E-state index < -0.39 is 0 Å². The van der Waals surface area contributed by atoms with Crippen molar-refractivity contribution in [1.29, 1.82) is 0 Å². The molecule has 6 nitrogen and oxygen atoms in total. The number of aromatic nitrogens is 3. The number of carbonyl (C=O) groups excluding carboxylic acids is 1. The van der Waals surface area contributed by atoms with Crippen LogP contribution in [0.5, 0.6) is 0 Å². The predicted octanol–water partition coefficient (Wildman–Crippen LogP) is 3.01. The number of likely N-dealkylation sites (tertiary alicyclic amines) is 1. The summed E-state index contributed by atoms with van der Waals surface area (Å²) in [6, 6.07) is 2.27. The monoisotopic (exact) mass is 348 g/mol. The fourth-order valence-corrected chi connectivity index (χ4v) is 3.74. The molecule has 1 aliphatic heterocycles. The van der Waals surface area contributed by atoms with Crippen molar-refractivity contribution in [2.75, 3.05) is 26.7 Å². The van der Waals surface area contributed by atoms with Crippen molar-refractivity contribution < 1.29 is 9.53 Å². The van der Waals surface area contributed by atoms with Crippen LogP contribution in [0.3, 0.4) is 0 Å². The number of carbonyl (C=O) groups is 1. The standard InChI is InChI=1S/C17H24N4O2S/c1-4-23-10-16-18-17(13-9-15(12(2)22)24-11-13)21(19-16)14-5-7-20(3)8-6-14/h9,11,14H,4-8,10H2,1-3H3. The van der Waals surface area contributed by atoms with E-state index in [9.17, 15) is 4.79 Å². The SMILES string of the molecule is CCOCc1nc(-c2csc(C(C)=O)c2)n(C2CCN(C)CC2)n1. The van der Waals surface area contributed by atoms with Crippen LogP contribution in [0.25, 0.3) is 11.4 Å². The van der Waals surface area contributed by atoms with Gasteiger partial charge in [0.1, 0.15) is 6.61 Å². The van der Waals surface area contributed by atoms with Crippen molar-refractivity contribution in [3.8, 4) is 11.4 Å². The molecule has 0 atom stereocenters. The molecule has 2 aromatic heterocycles. The van der Waals surface area contributed by atoms with Gasteiger partial charge in [-0.1, -0.05) is 0 Å². The summed E-state index contributed by atoms with van der Waals surface area (Å²) in [6.45, 7) is 6.75. The largest absolute Gasteiger partial charge is 0.374 e. The minimum absolute atomic E-state index is 0.0890. The van der Waals surface area contributed by atoms with Crippen molar-refractivity contribution in [2.45, 2.75) is 39.3 Å².